The number of rotatable bonds is 3. The summed E-state index contributed by atoms with van der Waals surface area (Å²) >= 11 is 0. The van der Waals surface area contributed by atoms with Gasteiger partial charge in [-0.15, -0.1) is 13.2 Å². The average molecular weight is 259 g/mol. The molecule has 1 aromatic carbocycles. The number of ether oxygens (including phenoxy) is 1. The van der Waals surface area contributed by atoms with Gasteiger partial charge in [0, 0.05) is 0 Å². The fourth-order valence-corrected chi connectivity index (χ4v) is 1.08. The highest BCUT2D eigenvalue weighted by Gasteiger charge is 2.32. The SMILES string of the molecule is N[C@H](c1ccc(OC(F)(F)F)c(F)c1)C(F)F. The molecule has 0 amide bonds. The van der Waals surface area contributed by atoms with Crippen molar-refractivity contribution in [3.8, 4) is 5.75 Å². The highest BCUT2D eigenvalue weighted by atomic mass is 19.4. The summed E-state index contributed by atoms with van der Waals surface area (Å²) in [5.74, 6) is -2.50. The van der Waals surface area contributed by atoms with E-state index in [1.165, 1.54) is 0 Å². The molecule has 1 aromatic rings. The fraction of sp³-hybridized carbons (Fsp3) is 0.333. The molecule has 96 valence electrons. The number of hydrogen-bond acceptors (Lipinski definition) is 2. The van der Waals surface area contributed by atoms with Crippen LogP contribution in [0.1, 0.15) is 11.6 Å². The Hall–Kier alpha value is -1.44. The van der Waals surface area contributed by atoms with Gasteiger partial charge in [-0.2, -0.15) is 0 Å². The molecule has 0 saturated heterocycles. The van der Waals surface area contributed by atoms with E-state index < -0.39 is 30.4 Å². The van der Waals surface area contributed by atoms with Crippen LogP contribution < -0.4 is 10.5 Å². The first-order valence-corrected chi connectivity index (χ1v) is 4.29. The van der Waals surface area contributed by atoms with Crippen molar-refractivity contribution in [2.75, 3.05) is 0 Å². The van der Waals surface area contributed by atoms with Crippen LogP contribution in [0.5, 0.6) is 5.75 Å². The summed E-state index contributed by atoms with van der Waals surface area (Å²) in [7, 11) is 0. The summed E-state index contributed by atoms with van der Waals surface area (Å²) in [6, 6.07) is 0.170. The Morgan fingerprint density at radius 2 is 1.76 bits per heavy atom. The Bertz CT molecular complexity index is 392. The summed E-state index contributed by atoms with van der Waals surface area (Å²) in [5.41, 5.74) is 4.69. The van der Waals surface area contributed by atoms with Crippen molar-refractivity contribution >= 4 is 0 Å². The molecule has 1 rings (SSSR count). The lowest BCUT2D eigenvalue weighted by Crippen LogP contribution is -2.20. The van der Waals surface area contributed by atoms with Crippen molar-refractivity contribution < 1.29 is 31.1 Å². The van der Waals surface area contributed by atoms with E-state index in [9.17, 15) is 26.3 Å². The van der Waals surface area contributed by atoms with E-state index in [2.05, 4.69) is 4.74 Å². The number of benzene rings is 1. The van der Waals surface area contributed by atoms with Gasteiger partial charge in [-0.3, -0.25) is 0 Å². The minimum atomic E-state index is -5.05. The van der Waals surface area contributed by atoms with Gasteiger partial charge in [-0.25, -0.2) is 13.2 Å². The Balaban J connectivity index is 2.94. The highest BCUT2D eigenvalue weighted by molar-refractivity contribution is 5.31. The minimum absolute atomic E-state index is 0.313. The molecule has 0 radical (unpaired) electrons. The average Bonchev–Trinajstić information content (AvgIpc) is 2.18. The Kier molecular flexibility index (Phi) is 3.87. The van der Waals surface area contributed by atoms with Gasteiger partial charge in [0.15, 0.2) is 11.6 Å². The molecule has 2 nitrogen and oxygen atoms in total. The van der Waals surface area contributed by atoms with Crippen LogP contribution in [-0.2, 0) is 0 Å². The first kappa shape index (κ1) is 13.6. The maximum absolute atomic E-state index is 13.1. The topological polar surface area (TPSA) is 35.2 Å². The van der Waals surface area contributed by atoms with Gasteiger partial charge in [0.2, 0.25) is 0 Å². The lowest BCUT2D eigenvalue weighted by Gasteiger charge is -2.13. The van der Waals surface area contributed by atoms with Crippen LogP contribution in [0.4, 0.5) is 26.3 Å². The number of hydrogen-bond donors (Lipinski definition) is 1. The van der Waals surface area contributed by atoms with E-state index in [0.717, 1.165) is 6.07 Å². The van der Waals surface area contributed by atoms with E-state index in [-0.39, 0.29) is 5.56 Å². The normalized spacial score (nSPS) is 13.9. The van der Waals surface area contributed by atoms with Crippen LogP contribution >= 0.6 is 0 Å². The predicted octanol–water partition coefficient (Wildman–Crippen LogP) is 2.99. The van der Waals surface area contributed by atoms with Gasteiger partial charge in [0.05, 0.1) is 6.04 Å². The molecule has 0 aliphatic rings. The Labute approximate surface area is 92.0 Å². The van der Waals surface area contributed by atoms with Gasteiger partial charge in [0.1, 0.15) is 0 Å². The van der Waals surface area contributed by atoms with Crippen LogP contribution in [0, 0.1) is 5.82 Å². The van der Waals surface area contributed by atoms with Crippen LogP contribution in [0.3, 0.4) is 0 Å². The van der Waals surface area contributed by atoms with Crippen molar-refractivity contribution in [3.63, 3.8) is 0 Å². The molecule has 8 heteroatoms. The number of nitrogens with two attached hydrogens (primary N) is 1. The maximum atomic E-state index is 13.1. The third kappa shape index (κ3) is 3.81. The van der Waals surface area contributed by atoms with Crippen molar-refractivity contribution in [1.29, 1.82) is 0 Å². The first-order valence-electron chi connectivity index (χ1n) is 4.29. The van der Waals surface area contributed by atoms with Gasteiger partial charge in [-0.1, -0.05) is 6.07 Å². The second kappa shape index (κ2) is 4.82. The zero-order chi connectivity index (χ0) is 13.2. The summed E-state index contributed by atoms with van der Waals surface area (Å²) in [6.45, 7) is 0. The lowest BCUT2D eigenvalue weighted by molar-refractivity contribution is -0.275. The molecular formula is C9H7F6NO. The summed E-state index contributed by atoms with van der Waals surface area (Å²) < 4.78 is 76.0. The van der Waals surface area contributed by atoms with Gasteiger partial charge in [0.25, 0.3) is 6.43 Å². The summed E-state index contributed by atoms with van der Waals surface area (Å²) in [4.78, 5) is 0. The van der Waals surface area contributed by atoms with E-state index in [4.69, 9.17) is 5.73 Å². The predicted molar refractivity (Wildman–Crippen MR) is 46.0 cm³/mol. The first-order chi connectivity index (χ1) is 7.70. The van der Waals surface area contributed by atoms with Crippen LogP contribution in [-0.4, -0.2) is 12.8 Å². The monoisotopic (exact) mass is 259 g/mol. The fourth-order valence-electron chi connectivity index (χ4n) is 1.08. The molecule has 0 aromatic heterocycles. The summed E-state index contributed by atoms with van der Waals surface area (Å²) in [6.07, 6.45) is -7.99. The smallest absolute Gasteiger partial charge is 0.403 e. The molecule has 0 saturated carbocycles. The molecule has 17 heavy (non-hydrogen) atoms. The van der Waals surface area contributed by atoms with Crippen LogP contribution in [0.15, 0.2) is 18.2 Å². The van der Waals surface area contributed by atoms with E-state index >= 15 is 0 Å². The van der Waals surface area contributed by atoms with E-state index in [0.29, 0.717) is 12.1 Å². The summed E-state index contributed by atoms with van der Waals surface area (Å²) in [5, 5.41) is 0. The van der Waals surface area contributed by atoms with Crippen molar-refractivity contribution in [2.45, 2.75) is 18.8 Å². The van der Waals surface area contributed by atoms with Gasteiger partial charge >= 0.3 is 6.36 Å². The molecule has 0 unspecified atom stereocenters. The standard InChI is InChI=1S/C9H7F6NO/c10-5-3-4(7(16)8(11)12)1-2-6(5)17-9(13,14)15/h1-3,7-8H,16H2/t7-/m1/s1. The van der Waals surface area contributed by atoms with Crippen molar-refractivity contribution in [2.24, 2.45) is 5.73 Å². The second-order valence-electron chi connectivity index (χ2n) is 3.10. The Morgan fingerprint density at radius 3 is 2.18 bits per heavy atom. The minimum Gasteiger partial charge on any atom is -0.403 e. The maximum Gasteiger partial charge on any atom is 0.573 e. The van der Waals surface area contributed by atoms with E-state index in [1.54, 1.807) is 0 Å². The van der Waals surface area contributed by atoms with Gasteiger partial charge in [-0.05, 0) is 17.7 Å². The van der Waals surface area contributed by atoms with E-state index in [1.807, 2.05) is 0 Å². The lowest BCUT2D eigenvalue weighted by atomic mass is 10.1. The molecule has 0 bridgehead atoms. The molecule has 0 heterocycles. The zero-order valence-electron chi connectivity index (χ0n) is 8.14. The van der Waals surface area contributed by atoms with Crippen molar-refractivity contribution in [1.82, 2.24) is 0 Å². The molecule has 1 atom stereocenters. The van der Waals surface area contributed by atoms with Crippen LogP contribution in [0.2, 0.25) is 0 Å². The highest BCUT2D eigenvalue weighted by Crippen LogP contribution is 2.28. The molecular weight excluding hydrogens is 252 g/mol. The molecule has 2 N–H and O–H groups in total. The van der Waals surface area contributed by atoms with Crippen LogP contribution in [0.25, 0.3) is 0 Å². The largest absolute Gasteiger partial charge is 0.573 e. The third-order valence-electron chi connectivity index (χ3n) is 1.84. The molecule has 0 spiro atoms. The Morgan fingerprint density at radius 1 is 1.18 bits per heavy atom. The van der Waals surface area contributed by atoms with Gasteiger partial charge < -0.3 is 10.5 Å². The van der Waals surface area contributed by atoms with Crippen molar-refractivity contribution in [3.05, 3.63) is 29.6 Å². The third-order valence-corrected chi connectivity index (χ3v) is 1.84. The molecule has 0 fully saturated rings. The zero-order valence-corrected chi connectivity index (χ0v) is 8.14. The number of halogens is 6. The molecule has 0 aliphatic heterocycles. The molecule has 0 aliphatic carbocycles. The quantitative estimate of drug-likeness (QED) is 0.847. The second-order valence-corrected chi connectivity index (χ2v) is 3.10. The number of alkyl halides is 5.